The second kappa shape index (κ2) is 9.29. The van der Waals surface area contributed by atoms with Gasteiger partial charge in [0.1, 0.15) is 5.75 Å². The fourth-order valence-electron chi connectivity index (χ4n) is 1.96. The first-order chi connectivity index (χ1) is 12.0. The van der Waals surface area contributed by atoms with Gasteiger partial charge < -0.3 is 15.4 Å². The van der Waals surface area contributed by atoms with Crippen LogP contribution in [0, 0.1) is 0 Å². The van der Waals surface area contributed by atoms with E-state index in [2.05, 4.69) is 15.6 Å². The maximum atomic E-state index is 13.5. The monoisotopic (exact) mass is 381 g/mol. The highest BCUT2D eigenvalue weighted by molar-refractivity contribution is 7.80. The lowest BCUT2D eigenvalue weighted by atomic mass is 10.1. The van der Waals surface area contributed by atoms with Gasteiger partial charge in [0.15, 0.2) is 10.9 Å². The first-order valence-electron chi connectivity index (χ1n) is 7.52. The minimum atomic E-state index is -1.97. The number of carbonyl (C=O) groups excluding carboxylic acids is 1. The average Bonchev–Trinajstić information content (AvgIpc) is 2.58. The lowest BCUT2D eigenvalue weighted by molar-refractivity contribution is -0.130. The van der Waals surface area contributed by atoms with Gasteiger partial charge in [-0.3, -0.25) is 4.79 Å². The number of thiocarbonyl (C=S) groups is 1. The van der Waals surface area contributed by atoms with E-state index in [1.54, 1.807) is 36.5 Å². The maximum absolute atomic E-state index is 13.5. The second-order valence-electron chi connectivity index (χ2n) is 5.12. The Kier molecular flexibility index (Phi) is 7.09. The lowest BCUT2D eigenvalue weighted by Gasteiger charge is -2.14. The van der Waals surface area contributed by atoms with E-state index in [1.165, 1.54) is 0 Å². The van der Waals surface area contributed by atoms with E-state index in [0.717, 1.165) is 12.5 Å². The van der Waals surface area contributed by atoms with Crippen molar-refractivity contribution >= 4 is 40.5 Å². The highest BCUT2D eigenvalue weighted by atomic mass is 35.5. The van der Waals surface area contributed by atoms with Gasteiger partial charge in [-0.05, 0) is 42.4 Å². The smallest absolute Gasteiger partial charge is 0.296 e. The molecule has 0 aliphatic carbocycles. The predicted octanol–water partition coefficient (Wildman–Crippen LogP) is 3.53. The zero-order valence-electron chi connectivity index (χ0n) is 13.5. The number of alkyl halides is 1. The predicted molar refractivity (Wildman–Crippen MR) is 99.8 cm³/mol. The summed E-state index contributed by atoms with van der Waals surface area (Å²) in [4.78, 5) is 15.1. The Morgan fingerprint density at radius 1 is 1.36 bits per heavy atom. The molecule has 2 aromatic rings. The van der Waals surface area contributed by atoms with Gasteiger partial charge in [-0.1, -0.05) is 29.8 Å². The zero-order chi connectivity index (χ0) is 18.2. The van der Waals surface area contributed by atoms with Crippen molar-refractivity contribution in [1.82, 2.24) is 10.3 Å². The van der Waals surface area contributed by atoms with Crippen LogP contribution in [0.1, 0.15) is 12.5 Å². The Morgan fingerprint density at radius 2 is 2.12 bits per heavy atom. The Balaban J connectivity index is 1.88. The second-order valence-corrected chi connectivity index (χ2v) is 5.93. The summed E-state index contributed by atoms with van der Waals surface area (Å²) >= 11 is 11.2. The molecule has 0 radical (unpaired) electrons. The third-order valence-electron chi connectivity index (χ3n) is 3.19. The number of Topliss-reactive ketones (excluding diaryl/α,β-unsaturated/α-hetero) is 1. The van der Waals surface area contributed by atoms with Gasteiger partial charge in [0.25, 0.3) is 6.36 Å². The van der Waals surface area contributed by atoms with Gasteiger partial charge in [-0.15, -0.1) is 0 Å². The normalized spacial score (nSPS) is 11.5. The molecule has 0 bridgehead atoms. The summed E-state index contributed by atoms with van der Waals surface area (Å²) in [6.45, 7) is 1.62. The molecule has 0 saturated heterocycles. The summed E-state index contributed by atoms with van der Waals surface area (Å²) in [6, 6.07) is 10.4. The van der Waals surface area contributed by atoms with Crippen LogP contribution < -0.4 is 15.4 Å². The molecule has 1 aromatic carbocycles. The number of ketones is 1. The molecular formula is C17H17ClFN3O2S. The van der Waals surface area contributed by atoms with Crippen LogP contribution in [0.3, 0.4) is 0 Å². The average molecular weight is 382 g/mol. The van der Waals surface area contributed by atoms with Gasteiger partial charge in [-0.25, -0.2) is 4.98 Å². The van der Waals surface area contributed by atoms with Crippen molar-refractivity contribution in [2.75, 3.05) is 11.9 Å². The van der Waals surface area contributed by atoms with E-state index in [-0.39, 0.29) is 0 Å². The van der Waals surface area contributed by atoms with Gasteiger partial charge in [0.05, 0.1) is 5.02 Å². The molecule has 1 unspecified atom stereocenters. The van der Waals surface area contributed by atoms with E-state index in [4.69, 9.17) is 28.6 Å². The molecule has 1 heterocycles. The molecular weight excluding hydrogens is 365 g/mol. The number of hydrogen-bond acceptors (Lipinski definition) is 4. The van der Waals surface area contributed by atoms with Crippen molar-refractivity contribution in [3.05, 3.63) is 53.2 Å². The summed E-state index contributed by atoms with van der Waals surface area (Å²) in [6.07, 6.45) is 0.161. The molecule has 0 amide bonds. The Morgan fingerprint density at radius 3 is 2.84 bits per heavy atom. The van der Waals surface area contributed by atoms with Crippen LogP contribution in [0.5, 0.6) is 5.75 Å². The zero-order valence-corrected chi connectivity index (χ0v) is 15.0. The quantitative estimate of drug-likeness (QED) is 0.715. The number of pyridine rings is 1. The van der Waals surface area contributed by atoms with Crippen molar-refractivity contribution < 1.29 is 13.9 Å². The number of aromatic nitrogens is 1. The van der Waals surface area contributed by atoms with Crippen LogP contribution in [0.15, 0.2) is 42.6 Å². The summed E-state index contributed by atoms with van der Waals surface area (Å²) in [7, 11) is 0. The van der Waals surface area contributed by atoms with E-state index in [0.29, 0.717) is 34.7 Å². The molecule has 2 N–H and O–H groups in total. The van der Waals surface area contributed by atoms with E-state index in [1.807, 2.05) is 6.07 Å². The Labute approximate surface area is 155 Å². The van der Waals surface area contributed by atoms with Crippen molar-refractivity contribution in [2.24, 2.45) is 0 Å². The summed E-state index contributed by atoms with van der Waals surface area (Å²) < 4.78 is 18.5. The van der Waals surface area contributed by atoms with Crippen LogP contribution in [-0.2, 0) is 11.2 Å². The molecule has 5 nitrogen and oxygen atoms in total. The molecule has 2 rings (SSSR count). The van der Waals surface area contributed by atoms with E-state index < -0.39 is 12.1 Å². The molecule has 0 aliphatic rings. The van der Waals surface area contributed by atoms with E-state index >= 15 is 0 Å². The molecule has 25 heavy (non-hydrogen) atoms. The minimum absolute atomic E-state index is 0.332. The third-order valence-corrected chi connectivity index (χ3v) is 3.74. The van der Waals surface area contributed by atoms with E-state index in [9.17, 15) is 9.18 Å². The fraction of sp³-hybridized carbons (Fsp3) is 0.235. The van der Waals surface area contributed by atoms with Crippen LogP contribution in [0.25, 0.3) is 0 Å². The lowest BCUT2D eigenvalue weighted by Crippen LogP contribution is -2.30. The van der Waals surface area contributed by atoms with Gasteiger partial charge in [0.2, 0.25) is 5.78 Å². The number of nitrogens with one attached hydrogen (secondary N) is 2. The number of carbonyl (C=O) groups is 1. The highest BCUT2D eigenvalue weighted by Crippen LogP contribution is 2.20. The molecule has 0 saturated carbocycles. The molecule has 8 heteroatoms. The first-order valence-corrected chi connectivity index (χ1v) is 8.30. The van der Waals surface area contributed by atoms with Crippen molar-refractivity contribution in [2.45, 2.75) is 19.7 Å². The molecule has 0 spiro atoms. The van der Waals surface area contributed by atoms with Gasteiger partial charge in [-0.2, -0.15) is 4.39 Å². The number of hydrogen-bond donors (Lipinski definition) is 2. The largest absolute Gasteiger partial charge is 0.453 e. The fourth-order valence-corrected chi connectivity index (χ4v) is 2.33. The van der Waals surface area contributed by atoms with Crippen LogP contribution in [0.4, 0.5) is 10.2 Å². The van der Waals surface area contributed by atoms with Gasteiger partial charge in [0, 0.05) is 19.7 Å². The maximum Gasteiger partial charge on any atom is 0.296 e. The topological polar surface area (TPSA) is 63.2 Å². The number of para-hydroxylation sites is 1. The number of rotatable bonds is 7. The standard InChI is InChI=1S/C17H17ClFN3O2S/c1-11(23)15(19)24-14-7-3-2-5-12(14)8-10-21-17(25)22-16-13(18)6-4-9-20-16/h2-7,9,15H,8,10H2,1H3,(H2,20,21,22,25). The van der Waals surface area contributed by atoms with Crippen molar-refractivity contribution in [3.8, 4) is 5.75 Å². The Hall–Kier alpha value is -2.25. The summed E-state index contributed by atoms with van der Waals surface area (Å²) in [5.74, 6) is 0.122. The summed E-state index contributed by atoms with van der Waals surface area (Å²) in [5.41, 5.74) is 0.762. The number of nitrogens with zero attached hydrogens (tertiary/aromatic N) is 1. The molecule has 1 aromatic heterocycles. The molecule has 0 fully saturated rings. The molecule has 132 valence electrons. The minimum Gasteiger partial charge on any atom is -0.453 e. The number of anilines is 1. The Bertz CT molecular complexity index is 760. The number of benzene rings is 1. The third kappa shape index (κ3) is 5.95. The molecule has 1 atom stereocenters. The first kappa shape index (κ1) is 19.1. The van der Waals surface area contributed by atoms with Crippen molar-refractivity contribution in [1.29, 1.82) is 0 Å². The molecule has 0 aliphatic heterocycles. The number of ether oxygens (including phenoxy) is 1. The van der Waals surface area contributed by atoms with Crippen LogP contribution in [0.2, 0.25) is 5.02 Å². The van der Waals surface area contributed by atoms with Gasteiger partial charge >= 0.3 is 0 Å². The van der Waals surface area contributed by atoms with Crippen molar-refractivity contribution in [3.63, 3.8) is 0 Å². The SMILES string of the molecule is CC(=O)C(F)Oc1ccccc1CCNC(=S)Nc1ncccc1Cl. The summed E-state index contributed by atoms with van der Waals surface area (Å²) in [5, 5.41) is 6.74. The van der Waals surface area contributed by atoms with Crippen LogP contribution in [-0.4, -0.2) is 28.8 Å². The number of halogens is 2. The van der Waals surface area contributed by atoms with Crippen LogP contribution >= 0.6 is 23.8 Å². The highest BCUT2D eigenvalue weighted by Gasteiger charge is 2.15.